The number of amides is 1. The normalized spacial score (nSPS) is 12.8. The molecular weight excluding hydrogens is 416 g/mol. The fourth-order valence-corrected chi connectivity index (χ4v) is 4.31. The Bertz CT molecular complexity index is 1200. The van der Waals surface area contributed by atoms with Crippen LogP contribution in [0.4, 0.5) is 0 Å². The Morgan fingerprint density at radius 1 is 1.00 bits per heavy atom. The van der Waals surface area contributed by atoms with Gasteiger partial charge in [0.2, 0.25) is 0 Å². The molecule has 0 N–H and O–H groups in total. The Kier molecular flexibility index (Phi) is 7.42. The lowest BCUT2D eigenvalue weighted by Crippen LogP contribution is -2.21. The third-order valence-corrected chi connectivity index (χ3v) is 6.44. The molecule has 0 saturated carbocycles. The van der Waals surface area contributed by atoms with E-state index in [1.807, 2.05) is 30.5 Å². The van der Waals surface area contributed by atoms with Crippen LogP contribution in [0, 0.1) is 0 Å². The van der Waals surface area contributed by atoms with Crippen molar-refractivity contribution >= 4 is 17.6 Å². The first-order valence-corrected chi connectivity index (χ1v) is 12.2. The van der Waals surface area contributed by atoms with Gasteiger partial charge in [0.25, 0.3) is 5.91 Å². The van der Waals surface area contributed by atoms with Gasteiger partial charge in [-0.05, 0) is 89.3 Å². The van der Waals surface area contributed by atoms with E-state index in [0.29, 0.717) is 11.5 Å². The van der Waals surface area contributed by atoms with Crippen LogP contribution in [-0.2, 0) is 19.3 Å². The highest BCUT2D eigenvalue weighted by Crippen LogP contribution is 2.26. The largest absolute Gasteiger partial charge is 0.345 e. The molecule has 34 heavy (non-hydrogen) atoms. The second-order valence-corrected chi connectivity index (χ2v) is 9.61. The van der Waals surface area contributed by atoms with Crippen LogP contribution >= 0.6 is 0 Å². The molecule has 0 radical (unpaired) electrons. The summed E-state index contributed by atoms with van der Waals surface area (Å²) < 4.78 is 0. The van der Waals surface area contributed by atoms with Crippen molar-refractivity contribution in [2.24, 2.45) is 0 Å². The van der Waals surface area contributed by atoms with Crippen molar-refractivity contribution in [2.45, 2.75) is 45.4 Å². The highest BCUT2D eigenvalue weighted by Gasteiger charge is 2.11. The summed E-state index contributed by atoms with van der Waals surface area (Å²) in [5.41, 5.74) is 9.39. The number of carbonyl (C=O) groups is 1. The van der Waals surface area contributed by atoms with E-state index < -0.39 is 0 Å². The monoisotopic (exact) mass is 450 g/mol. The molecule has 0 aliphatic heterocycles. The van der Waals surface area contributed by atoms with Crippen LogP contribution < -0.4 is 0 Å². The van der Waals surface area contributed by atoms with Gasteiger partial charge in [-0.15, -0.1) is 0 Å². The molecule has 1 aliphatic rings. The number of hydrogen-bond acceptors (Lipinski definition) is 2. The Labute approximate surface area is 203 Å². The third kappa shape index (κ3) is 5.72. The van der Waals surface area contributed by atoms with Crippen LogP contribution in [0.2, 0.25) is 0 Å². The third-order valence-electron chi connectivity index (χ3n) is 6.44. The molecule has 0 bridgehead atoms. The molecule has 3 aromatic rings. The molecule has 0 fully saturated rings. The predicted octanol–water partition coefficient (Wildman–Crippen LogP) is 6.74. The number of carbonyl (C=O) groups excluding carboxylic acids is 1. The molecular formula is C31H34N2O. The second-order valence-electron chi connectivity index (χ2n) is 9.61. The highest BCUT2D eigenvalue weighted by molar-refractivity contribution is 5.95. The molecule has 1 aromatic heterocycles. The molecule has 2 aromatic carbocycles. The lowest BCUT2D eigenvalue weighted by atomic mass is 9.99. The quantitative estimate of drug-likeness (QED) is 0.400. The summed E-state index contributed by atoms with van der Waals surface area (Å²) >= 11 is 0. The van der Waals surface area contributed by atoms with Gasteiger partial charge in [0.05, 0.1) is 0 Å². The molecule has 0 unspecified atom stereocenters. The summed E-state index contributed by atoms with van der Waals surface area (Å²) in [6.45, 7) is 4.47. The van der Waals surface area contributed by atoms with Crippen LogP contribution in [-0.4, -0.2) is 29.9 Å². The van der Waals surface area contributed by atoms with E-state index in [-0.39, 0.29) is 5.91 Å². The van der Waals surface area contributed by atoms with Crippen molar-refractivity contribution in [3.05, 3.63) is 112 Å². The maximum atomic E-state index is 12.2. The molecule has 174 valence electrons. The SMILES string of the molecule is CC(C)c1ccc(CCCc2cc3c(cn2)C=C(c2ccc(C(=O)N(C)C)cc2)C=CC3)cc1. The summed E-state index contributed by atoms with van der Waals surface area (Å²) in [4.78, 5) is 18.5. The molecule has 1 amide bonds. The zero-order valence-electron chi connectivity index (χ0n) is 20.7. The van der Waals surface area contributed by atoms with Gasteiger partial charge in [0.1, 0.15) is 0 Å². The Morgan fingerprint density at radius 2 is 1.74 bits per heavy atom. The minimum atomic E-state index is 0.0200. The minimum Gasteiger partial charge on any atom is -0.345 e. The zero-order chi connectivity index (χ0) is 24.1. The Balaban J connectivity index is 1.42. The average Bonchev–Trinajstić information content (AvgIpc) is 3.06. The first-order valence-electron chi connectivity index (χ1n) is 12.2. The van der Waals surface area contributed by atoms with Crippen molar-refractivity contribution in [1.82, 2.24) is 9.88 Å². The summed E-state index contributed by atoms with van der Waals surface area (Å²) in [6.07, 6.45) is 12.7. The number of nitrogens with zero attached hydrogens (tertiary/aromatic N) is 2. The summed E-state index contributed by atoms with van der Waals surface area (Å²) in [5, 5.41) is 0. The number of pyridine rings is 1. The lowest BCUT2D eigenvalue weighted by Gasteiger charge is -2.11. The number of allylic oxidation sites excluding steroid dienone is 3. The van der Waals surface area contributed by atoms with Crippen LogP contribution in [0.15, 0.2) is 72.9 Å². The fourth-order valence-electron chi connectivity index (χ4n) is 4.31. The molecule has 0 saturated heterocycles. The number of fused-ring (bicyclic) bond motifs is 1. The van der Waals surface area contributed by atoms with Gasteiger partial charge >= 0.3 is 0 Å². The van der Waals surface area contributed by atoms with Gasteiger partial charge in [0.15, 0.2) is 0 Å². The van der Waals surface area contributed by atoms with Crippen LogP contribution in [0.5, 0.6) is 0 Å². The minimum absolute atomic E-state index is 0.0200. The molecule has 0 atom stereocenters. The number of aromatic nitrogens is 1. The first-order chi connectivity index (χ1) is 16.4. The van der Waals surface area contributed by atoms with E-state index in [4.69, 9.17) is 4.98 Å². The van der Waals surface area contributed by atoms with Gasteiger partial charge in [-0.2, -0.15) is 0 Å². The first kappa shape index (κ1) is 23.7. The maximum absolute atomic E-state index is 12.2. The fraction of sp³-hybridized carbons (Fsp3) is 0.290. The van der Waals surface area contributed by atoms with E-state index in [9.17, 15) is 4.79 Å². The van der Waals surface area contributed by atoms with E-state index in [1.165, 1.54) is 22.3 Å². The topological polar surface area (TPSA) is 33.2 Å². The van der Waals surface area contributed by atoms with Crippen molar-refractivity contribution < 1.29 is 4.79 Å². The number of rotatable bonds is 7. The van der Waals surface area contributed by atoms with E-state index in [1.54, 1.807) is 19.0 Å². The van der Waals surface area contributed by atoms with Crippen LogP contribution in [0.25, 0.3) is 11.6 Å². The average molecular weight is 451 g/mol. The van der Waals surface area contributed by atoms with Gasteiger partial charge in [-0.1, -0.05) is 62.4 Å². The van der Waals surface area contributed by atoms with Gasteiger partial charge in [-0.3, -0.25) is 9.78 Å². The maximum Gasteiger partial charge on any atom is 0.253 e. The number of hydrogen-bond donors (Lipinski definition) is 0. The van der Waals surface area contributed by atoms with Crippen LogP contribution in [0.3, 0.4) is 0 Å². The molecule has 1 aliphatic carbocycles. The molecule has 3 heteroatoms. The van der Waals surface area contributed by atoms with Crippen molar-refractivity contribution in [2.75, 3.05) is 14.1 Å². The van der Waals surface area contributed by atoms with Gasteiger partial charge in [-0.25, -0.2) is 0 Å². The Hall–Kier alpha value is -3.46. The van der Waals surface area contributed by atoms with E-state index in [0.717, 1.165) is 42.5 Å². The van der Waals surface area contributed by atoms with Crippen molar-refractivity contribution in [3.63, 3.8) is 0 Å². The standard InChI is InChI=1S/C31H34N2O/c1-22(2)24-13-11-23(12-14-24)7-5-10-30-20-28-9-6-8-27(19-29(28)21-32-30)25-15-17-26(18-16-25)31(34)33(3)4/h6,8,11-22H,5,7,9-10H2,1-4H3. The molecule has 4 rings (SSSR count). The summed E-state index contributed by atoms with van der Waals surface area (Å²) in [5.74, 6) is 0.597. The predicted molar refractivity (Wildman–Crippen MR) is 142 cm³/mol. The summed E-state index contributed by atoms with van der Waals surface area (Å²) in [7, 11) is 3.55. The summed E-state index contributed by atoms with van der Waals surface area (Å²) in [6, 6.07) is 19.1. The van der Waals surface area contributed by atoms with Crippen molar-refractivity contribution in [1.29, 1.82) is 0 Å². The van der Waals surface area contributed by atoms with E-state index >= 15 is 0 Å². The van der Waals surface area contributed by atoms with Crippen molar-refractivity contribution in [3.8, 4) is 0 Å². The van der Waals surface area contributed by atoms with Gasteiger partial charge in [0, 0.05) is 31.5 Å². The molecule has 1 heterocycles. The van der Waals surface area contributed by atoms with Gasteiger partial charge < -0.3 is 4.90 Å². The molecule has 3 nitrogen and oxygen atoms in total. The van der Waals surface area contributed by atoms with Crippen LogP contribution in [0.1, 0.15) is 70.1 Å². The smallest absolute Gasteiger partial charge is 0.253 e. The zero-order valence-corrected chi connectivity index (χ0v) is 20.7. The number of benzene rings is 2. The molecule has 0 spiro atoms. The number of aryl methyl sites for hydroxylation is 2. The van der Waals surface area contributed by atoms with E-state index in [2.05, 4.69) is 62.4 Å². The Morgan fingerprint density at radius 3 is 2.41 bits per heavy atom. The highest BCUT2D eigenvalue weighted by atomic mass is 16.2. The second kappa shape index (κ2) is 10.6. The lowest BCUT2D eigenvalue weighted by molar-refractivity contribution is 0.0827.